The van der Waals surface area contributed by atoms with Gasteiger partial charge in [-0.05, 0) is 13.3 Å². The lowest BCUT2D eigenvalue weighted by atomic mass is 10.1. The molecule has 0 aliphatic rings. The van der Waals surface area contributed by atoms with Crippen LogP contribution >= 0.6 is 0 Å². The molecule has 14 heavy (non-hydrogen) atoms. The number of hydrogen-bond donors (Lipinski definition) is 0. The molecule has 0 saturated carbocycles. The van der Waals surface area contributed by atoms with Crippen LogP contribution in [0.4, 0.5) is 0 Å². The van der Waals surface area contributed by atoms with Crippen molar-refractivity contribution in [2.24, 2.45) is 0 Å². The Bertz CT molecular complexity index is 111. The zero-order valence-corrected chi connectivity index (χ0v) is 8.27. The van der Waals surface area contributed by atoms with E-state index in [2.05, 4.69) is 6.92 Å². The topological polar surface area (TPSA) is 26.3 Å². The van der Waals surface area contributed by atoms with E-state index in [4.69, 9.17) is 4.74 Å². The van der Waals surface area contributed by atoms with Gasteiger partial charge in [0.25, 0.3) is 0 Å². The van der Waals surface area contributed by atoms with Gasteiger partial charge in [0, 0.05) is 6.42 Å². The van der Waals surface area contributed by atoms with E-state index < -0.39 is 0 Å². The third kappa shape index (κ3) is 14.0. The summed E-state index contributed by atoms with van der Waals surface area (Å²) in [4.78, 5) is 10.9. The summed E-state index contributed by atoms with van der Waals surface area (Å²) in [6.07, 6.45) is 6.52. The van der Waals surface area contributed by atoms with Gasteiger partial charge in [-0.1, -0.05) is 47.5 Å². The Hall–Kier alpha value is -0.530. The molecule has 0 fully saturated rings. The molecule has 0 amide bonds. The highest BCUT2D eigenvalue weighted by Gasteiger charge is 1.99. The fraction of sp³-hybridized carbons (Fsp3) is 0.917. The van der Waals surface area contributed by atoms with Gasteiger partial charge in [-0.25, -0.2) is 0 Å². The molecule has 0 aromatic rings. The van der Waals surface area contributed by atoms with Gasteiger partial charge >= 0.3 is 5.97 Å². The quantitative estimate of drug-likeness (QED) is 0.459. The van der Waals surface area contributed by atoms with E-state index in [0.29, 0.717) is 13.0 Å². The molecule has 0 aliphatic heterocycles. The molecule has 2 heteroatoms. The van der Waals surface area contributed by atoms with Gasteiger partial charge < -0.3 is 4.74 Å². The second-order valence-corrected chi connectivity index (χ2v) is 2.97. The summed E-state index contributed by atoms with van der Waals surface area (Å²) in [5.74, 6) is -0.0472. The molecule has 0 aromatic carbocycles. The normalized spacial score (nSPS) is 8.43. The van der Waals surface area contributed by atoms with Crippen LogP contribution in [-0.4, -0.2) is 12.6 Å². The highest BCUT2D eigenvalue weighted by Crippen LogP contribution is 2.05. The van der Waals surface area contributed by atoms with Gasteiger partial charge in [0.05, 0.1) is 6.61 Å². The first-order valence-electron chi connectivity index (χ1n) is 4.96. The number of carbonyl (C=O) groups is 1. The number of rotatable bonds is 7. The molecule has 88 valence electrons. The molecular formula is C12H28O2. The minimum absolute atomic E-state index is 0. The minimum atomic E-state index is -0.0472. The van der Waals surface area contributed by atoms with Crippen molar-refractivity contribution in [1.82, 2.24) is 0 Å². The van der Waals surface area contributed by atoms with Crippen LogP contribution in [0.15, 0.2) is 0 Å². The van der Waals surface area contributed by atoms with Crippen molar-refractivity contribution >= 4 is 5.97 Å². The molecule has 0 atom stereocenters. The van der Waals surface area contributed by atoms with Crippen LogP contribution in [0.5, 0.6) is 0 Å². The Morgan fingerprint density at radius 2 is 1.57 bits per heavy atom. The molecule has 0 bridgehead atoms. The van der Waals surface area contributed by atoms with Crippen LogP contribution in [-0.2, 0) is 9.53 Å². The number of ether oxygens (including phenoxy) is 1. The maximum absolute atomic E-state index is 10.9. The minimum Gasteiger partial charge on any atom is -0.466 e. The predicted molar refractivity (Wildman–Crippen MR) is 63.5 cm³/mol. The van der Waals surface area contributed by atoms with Gasteiger partial charge in [-0.15, -0.1) is 0 Å². The Labute approximate surface area is 90.0 Å². The Balaban J connectivity index is -0.000000605. The van der Waals surface area contributed by atoms with E-state index in [9.17, 15) is 4.79 Å². The summed E-state index contributed by atoms with van der Waals surface area (Å²) in [5, 5.41) is 0. The lowest BCUT2D eigenvalue weighted by Crippen LogP contribution is -2.02. The standard InChI is InChI=1S/C10H20O2.2CH4/c1-3-5-6-7-8-9-10(11)12-4-2;;/h3-9H2,1-2H3;2*1H4. The van der Waals surface area contributed by atoms with Gasteiger partial charge in [0.1, 0.15) is 0 Å². The van der Waals surface area contributed by atoms with Crippen molar-refractivity contribution in [3.8, 4) is 0 Å². The zero-order valence-electron chi connectivity index (χ0n) is 8.27. The fourth-order valence-corrected chi connectivity index (χ4v) is 1.11. The molecule has 0 radical (unpaired) electrons. The fourth-order valence-electron chi connectivity index (χ4n) is 1.11. The van der Waals surface area contributed by atoms with Crippen molar-refractivity contribution in [2.75, 3.05) is 6.61 Å². The van der Waals surface area contributed by atoms with Crippen LogP contribution < -0.4 is 0 Å². The molecule has 2 nitrogen and oxygen atoms in total. The SMILES string of the molecule is C.C.CCCCCCCC(=O)OCC. The number of carbonyl (C=O) groups excluding carboxylic acids is 1. The van der Waals surface area contributed by atoms with Crippen LogP contribution in [0.25, 0.3) is 0 Å². The summed E-state index contributed by atoms with van der Waals surface area (Å²) in [6.45, 7) is 4.54. The van der Waals surface area contributed by atoms with E-state index >= 15 is 0 Å². The molecule has 0 spiro atoms. The predicted octanol–water partition coefficient (Wildman–Crippen LogP) is 4.18. The van der Waals surface area contributed by atoms with Crippen LogP contribution in [0, 0.1) is 0 Å². The first-order valence-corrected chi connectivity index (χ1v) is 4.96. The first-order chi connectivity index (χ1) is 5.81. The zero-order chi connectivity index (χ0) is 9.23. The van der Waals surface area contributed by atoms with Gasteiger partial charge in [0.15, 0.2) is 0 Å². The molecule has 0 aliphatic carbocycles. The smallest absolute Gasteiger partial charge is 0.305 e. The van der Waals surface area contributed by atoms with Crippen molar-refractivity contribution < 1.29 is 9.53 Å². The van der Waals surface area contributed by atoms with Gasteiger partial charge in [-0.2, -0.15) is 0 Å². The van der Waals surface area contributed by atoms with E-state index in [1.54, 1.807) is 0 Å². The summed E-state index contributed by atoms with van der Waals surface area (Å²) in [5.41, 5.74) is 0. The van der Waals surface area contributed by atoms with E-state index in [-0.39, 0.29) is 20.8 Å². The highest BCUT2D eigenvalue weighted by atomic mass is 16.5. The number of unbranched alkanes of at least 4 members (excludes halogenated alkanes) is 4. The summed E-state index contributed by atoms with van der Waals surface area (Å²) in [6, 6.07) is 0. The van der Waals surface area contributed by atoms with Crippen molar-refractivity contribution in [3.05, 3.63) is 0 Å². The largest absolute Gasteiger partial charge is 0.466 e. The van der Waals surface area contributed by atoms with Crippen LogP contribution in [0.3, 0.4) is 0 Å². The second-order valence-electron chi connectivity index (χ2n) is 2.97. The molecule has 0 saturated heterocycles. The van der Waals surface area contributed by atoms with Crippen molar-refractivity contribution in [2.45, 2.75) is 67.2 Å². The molecule has 0 unspecified atom stereocenters. The highest BCUT2D eigenvalue weighted by molar-refractivity contribution is 5.69. The van der Waals surface area contributed by atoms with Crippen molar-refractivity contribution in [1.29, 1.82) is 0 Å². The number of esters is 1. The monoisotopic (exact) mass is 204 g/mol. The van der Waals surface area contributed by atoms with Crippen LogP contribution in [0.1, 0.15) is 67.2 Å². The Morgan fingerprint density at radius 3 is 2.07 bits per heavy atom. The molecule has 0 rings (SSSR count). The lowest BCUT2D eigenvalue weighted by Gasteiger charge is -2.00. The molecule has 0 aromatic heterocycles. The van der Waals surface area contributed by atoms with E-state index in [1.807, 2.05) is 6.92 Å². The van der Waals surface area contributed by atoms with E-state index in [1.165, 1.54) is 19.3 Å². The summed E-state index contributed by atoms with van der Waals surface area (Å²) < 4.78 is 4.81. The molecule has 0 heterocycles. The Kier molecular flexibility index (Phi) is 20.4. The average Bonchev–Trinajstić information content (AvgIpc) is 2.05. The van der Waals surface area contributed by atoms with Crippen molar-refractivity contribution in [3.63, 3.8) is 0 Å². The van der Waals surface area contributed by atoms with Gasteiger partial charge in [0.2, 0.25) is 0 Å². The summed E-state index contributed by atoms with van der Waals surface area (Å²) >= 11 is 0. The Morgan fingerprint density at radius 1 is 1.00 bits per heavy atom. The van der Waals surface area contributed by atoms with E-state index in [0.717, 1.165) is 12.8 Å². The molecule has 0 N–H and O–H groups in total. The maximum atomic E-state index is 10.9. The first kappa shape index (κ1) is 19.1. The second kappa shape index (κ2) is 15.0. The maximum Gasteiger partial charge on any atom is 0.305 e. The number of hydrogen-bond acceptors (Lipinski definition) is 2. The van der Waals surface area contributed by atoms with Crippen LogP contribution in [0.2, 0.25) is 0 Å². The third-order valence-electron chi connectivity index (χ3n) is 1.79. The summed E-state index contributed by atoms with van der Waals surface area (Å²) in [7, 11) is 0. The third-order valence-corrected chi connectivity index (χ3v) is 1.79. The van der Waals surface area contributed by atoms with Gasteiger partial charge in [-0.3, -0.25) is 4.79 Å². The average molecular weight is 204 g/mol. The molecular weight excluding hydrogens is 176 g/mol. The lowest BCUT2D eigenvalue weighted by molar-refractivity contribution is -0.143.